The molecule has 1 fully saturated rings. The van der Waals surface area contributed by atoms with Crippen LogP contribution in [0.1, 0.15) is 32.9 Å². The lowest BCUT2D eigenvalue weighted by atomic mass is 10.1. The van der Waals surface area contributed by atoms with Gasteiger partial charge in [0.05, 0.1) is 13.2 Å². The maximum absolute atomic E-state index is 14.8. The van der Waals surface area contributed by atoms with Crippen LogP contribution < -0.4 is 21.0 Å². The molecule has 2 unspecified atom stereocenters. The highest BCUT2D eigenvalue weighted by Gasteiger charge is 2.60. The number of esters is 1. The van der Waals surface area contributed by atoms with Crippen molar-refractivity contribution < 1.29 is 41.8 Å². The number of nitrogens with two attached hydrogens (primary N) is 1. The first kappa shape index (κ1) is 28.7. The molecular weight excluding hydrogens is 517 g/mol. The van der Waals surface area contributed by atoms with Crippen molar-refractivity contribution in [3.63, 3.8) is 0 Å². The minimum atomic E-state index is -4.40. The van der Waals surface area contributed by atoms with Gasteiger partial charge in [-0.15, -0.1) is 0 Å². The molecule has 3 rings (SSSR count). The Balaban J connectivity index is 1.76. The van der Waals surface area contributed by atoms with Crippen LogP contribution in [0.15, 0.2) is 47.4 Å². The SMILES string of the molecule is CCCCOC(=O)[C@H](C)NP(=O)(OC[C@H]1O[C@@H](n2ccc(N)nc2=O)C(F)(F)C1O)Oc1ccccc1. The molecule has 2 heterocycles. The van der Waals surface area contributed by atoms with Crippen molar-refractivity contribution in [2.45, 2.75) is 57.1 Å². The number of nitrogens with one attached hydrogen (secondary N) is 1. The number of hydrogen-bond donors (Lipinski definition) is 3. The van der Waals surface area contributed by atoms with Crippen molar-refractivity contribution in [3.8, 4) is 5.75 Å². The van der Waals surface area contributed by atoms with Crippen LogP contribution in [0.3, 0.4) is 0 Å². The molecule has 0 aliphatic carbocycles. The Morgan fingerprint density at radius 3 is 2.70 bits per heavy atom. The largest absolute Gasteiger partial charge is 0.465 e. The number of unbranched alkanes of at least 4 members (excludes halogenated alkanes) is 1. The average molecular weight is 546 g/mol. The summed E-state index contributed by atoms with van der Waals surface area (Å²) in [6.07, 6.45) is -4.02. The molecule has 1 aromatic heterocycles. The number of halogens is 2. The van der Waals surface area contributed by atoms with Crippen LogP contribution in [0.4, 0.5) is 14.6 Å². The highest BCUT2D eigenvalue weighted by molar-refractivity contribution is 7.52. The maximum Gasteiger partial charge on any atom is 0.459 e. The van der Waals surface area contributed by atoms with Crippen LogP contribution in [-0.2, 0) is 23.4 Å². The summed E-state index contributed by atoms with van der Waals surface area (Å²) in [7, 11) is -4.40. The van der Waals surface area contributed by atoms with Crippen molar-refractivity contribution in [2.75, 3.05) is 18.9 Å². The van der Waals surface area contributed by atoms with Crippen molar-refractivity contribution in [3.05, 3.63) is 53.1 Å². The molecule has 1 saturated heterocycles. The molecule has 0 bridgehead atoms. The number of aromatic nitrogens is 2. The molecule has 37 heavy (non-hydrogen) atoms. The number of carbonyl (C=O) groups is 1. The predicted molar refractivity (Wildman–Crippen MR) is 127 cm³/mol. The van der Waals surface area contributed by atoms with Crippen LogP contribution in [0.25, 0.3) is 0 Å². The van der Waals surface area contributed by atoms with E-state index in [0.29, 0.717) is 11.0 Å². The Morgan fingerprint density at radius 2 is 2.05 bits per heavy atom. The first-order chi connectivity index (χ1) is 17.5. The van der Waals surface area contributed by atoms with E-state index in [1.807, 2.05) is 6.92 Å². The standard InChI is InChI=1S/C22H29F2N4O8P/c1-3-4-12-33-19(30)14(2)27-37(32,36-15-8-6-5-7-9-15)34-13-16-18(29)22(23,24)20(35-16)28-11-10-17(25)26-21(28)31/h5-11,14,16,18,20,29H,3-4,12-13H2,1-2H3,(H,27,32)(H2,25,26,31)/t14-,16+,18?,20+,37?/m0/s1. The number of alkyl halides is 2. The molecule has 2 aromatic rings. The Morgan fingerprint density at radius 1 is 1.35 bits per heavy atom. The number of nitrogen functional groups attached to an aromatic ring is 1. The predicted octanol–water partition coefficient (Wildman–Crippen LogP) is 2.24. The quantitative estimate of drug-likeness (QED) is 0.203. The van der Waals surface area contributed by atoms with Crippen LogP contribution in [-0.4, -0.2) is 58.0 Å². The van der Waals surface area contributed by atoms with E-state index in [9.17, 15) is 28.0 Å². The number of para-hydroxylation sites is 1. The number of aliphatic hydroxyl groups excluding tert-OH is 1. The third-order valence-corrected chi connectivity index (χ3v) is 6.95. The number of ether oxygens (including phenoxy) is 2. The van der Waals surface area contributed by atoms with Gasteiger partial charge in [0, 0.05) is 6.20 Å². The fraction of sp³-hybridized carbons (Fsp3) is 0.500. The van der Waals surface area contributed by atoms with Gasteiger partial charge in [0.25, 0.3) is 0 Å². The van der Waals surface area contributed by atoms with Gasteiger partial charge in [-0.1, -0.05) is 31.5 Å². The summed E-state index contributed by atoms with van der Waals surface area (Å²) in [5.41, 5.74) is 4.28. The van der Waals surface area contributed by atoms with Crippen LogP contribution >= 0.6 is 7.75 Å². The molecule has 0 radical (unpaired) electrons. The molecule has 5 atom stereocenters. The van der Waals surface area contributed by atoms with Gasteiger partial charge in [-0.05, 0) is 31.5 Å². The number of anilines is 1. The lowest BCUT2D eigenvalue weighted by Crippen LogP contribution is -2.42. The second kappa shape index (κ2) is 12.1. The normalized spacial score (nSPS) is 23.2. The lowest BCUT2D eigenvalue weighted by Gasteiger charge is -2.24. The molecule has 0 amide bonds. The van der Waals surface area contributed by atoms with Gasteiger partial charge in [0.2, 0.25) is 6.23 Å². The average Bonchev–Trinajstić information content (AvgIpc) is 3.07. The van der Waals surface area contributed by atoms with Crippen molar-refractivity contribution in [2.24, 2.45) is 0 Å². The molecule has 1 aromatic carbocycles. The second-order valence-corrected chi connectivity index (χ2v) is 9.95. The molecule has 204 valence electrons. The number of aliphatic hydroxyl groups is 1. The Labute approximate surface area is 211 Å². The monoisotopic (exact) mass is 546 g/mol. The van der Waals surface area contributed by atoms with Crippen LogP contribution in [0.5, 0.6) is 5.75 Å². The number of benzene rings is 1. The fourth-order valence-corrected chi connectivity index (χ4v) is 4.83. The summed E-state index contributed by atoms with van der Waals surface area (Å²) in [6, 6.07) is 7.75. The van der Waals surface area contributed by atoms with Crippen molar-refractivity contribution in [1.82, 2.24) is 14.6 Å². The molecule has 0 saturated carbocycles. The summed E-state index contributed by atoms with van der Waals surface area (Å²) in [4.78, 5) is 27.7. The summed E-state index contributed by atoms with van der Waals surface area (Å²) in [5, 5.41) is 12.6. The Hall–Kier alpha value is -2.90. The van der Waals surface area contributed by atoms with Crippen molar-refractivity contribution in [1.29, 1.82) is 0 Å². The molecule has 0 spiro atoms. The maximum atomic E-state index is 14.8. The number of nitrogens with zero attached hydrogens (tertiary/aromatic N) is 2. The lowest BCUT2D eigenvalue weighted by molar-refractivity contribution is -0.145. The molecule has 1 aliphatic heterocycles. The molecule has 12 nitrogen and oxygen atoms in total. The third kappa shape index (κ3) is 7.11. The van der Waals surface area contributed by atoms with Gasteiger partial charge in [-0.3, -0.25) is 13.9 Å². The zero-order valence-electron chi connectivity index (χ0n) is 20.2. The summed E-state index contributed by atoms with van der Waals surface area (Å²) < 4.78 is 64.8. The minimum absolute atomic E-state index is 0.0977. The zero-order valence-corrected chi connectivity index (χ0v) is 21.1. The topological polar surface area (TPSA) is 164 Å². The minimum Gasteiger partial charge on any atom is -0.465 e. The van der Waals surface area contributed by atoms with Gasteiger partial charge >= 0.3 is 25.3 Å². The van der Waals surface area contributed by atoms with E-state index in [2.05, 4.69) is 10.1 Å². The third-order valence-electron chi connectivity index (χ3n) is 5.31. The summed E-state index contributed by atoms with van der Waals surface area (Å²) >= 11 is 0. The highest BCUT2D eigenvalue weighted by Crippen LogP contribution is 2.48. The van der Waals surface area contributed by atoms with Crippen molar-refractivity contribution >= 4 is 19.5 Å². The van der Waals surface area contributed by atoms with Gasteiger partial charge in [0.15, 0.2) is 6.10 Å². The Bertz CT molecular complexity index is 1170. The first-order valence-corrected chi connectivity index (χ1v) is 13.0. The fourth-order valence-electron chi connectivity index (χ4n) is 3.32. The Kier molecular flexibility index (Phi) is 9.37. The van der Waals surface area contributed by atoms with Gasteiger partial charge in [-0.2, -0.15) is 18.9 Å². The van der Waals surface area contributed by atoms with E-state index < -0.39 is 56.4 Å². The molecule has 1 aliphatic rings. The van der Waals surface area contributed by atoms with E-state index in [4.69, 9.17) is 24.3 Å². The summed E-state index contributed by atoms with van der Waals surface area (Å²) in [5.74, 6) is -4.76. The van der Waals surface area contributed by atoms with Crippen LogP contribution in [0.2, 0.25) is 0 Å². The van der Waals surface area contributed by atoms with E-state index in [1.54, 1.807) is 18.2 Å². The van der Waals surface area contributed by atoms with E-state index in [1.165, 1.54) is 19.1 Å². The molecular formula is C22H29F2N4O8P. The molecule has 4 N–H and O–H groups in total. The highest BCUT2D eigenvalue weighted by atomic mass is 31.2. The summed E-state index contributed by atoms with van der Waals surface area (Å²) in [6.45, 7) is 2.59. The first-order valence-electron chi connectivity index (χ1n) is 11.5. The van der Waals surface area contributed by atoms with Gasteiger partial charge in [-0.25, -0.2) is 9.36 Å². The van der Waals surface area contributed by atoms with Crippen LogP contribution in [0, 0.1) is 0 Å². The van der Waals surface area contributed by atoms with Gasteiger partial charge in [0.1, 0.15) is 23.7 Å². The van der Waals surface area contributed by atoms with E-state index in [0.717, 1.165) is 18.7 Å². The van der Waals surface area contributed by atoms with Gasteiger partial charge < -0.3 is 24.8 Å². The number of carbonyl (C=O) groups excluding carboxylic acids is 1. The number of rotatable bonds is 12. The zero-order chi connectivity index (χ0) is 27.2. The smallest absolute Gasteiger partial charge is 0.459 e. The number of hydrogen-bond acceptors (Lipinski definition) is 10. The molecule has 15 heteroatoms. The van der Waals surface area contributed by atoms with E-state index >= 15 is 0 Å². The van der Waals surface area contributed by atoms with E-state index in [-0.39, 0.29) is 18.2 Å². The second-order valence-electron chi connectivity index (χ2n) is 8.26.